The number of carbonyl (C=O) groups excluding carboxylic acids is 1. The summed E-state index contributed by atoms with van der Waals surface area (Å²) in [5, 5.41) is 0. The number of anilines is 2. The maximum absolute atomic E-state index is 12.6. The van der Waals surface area contributed by atoms with E-state index in [9.17, 15) is 4.79 Å². The number of hydrogen-bond acceptors (Lipinski definition) is 2. The van der Waals surface area contributed by atoms with Crippen molar-refractivity contribution in [1.29, 1.82) is 0 Å². The molecule has 4 heteroatoms. The minimum atomic E-state index is -0.0622. The largest absolute Gasteiger partial charge is 0.399 e. The van der Waals surface area contributed by atoms with Crippen LogP contribution < -0.4 is 10.6 Å². The first kappa shape index (κ1) is 13.6. The van der Waals surface area contributed by atoms with Gasteiger partial charge in [-0.1, -0.05) is 18.2 Å². The van der Waals surface area contributed by atoms with E-state index in [1.165, 1.54) is 0 Å². The minimum Gasteiger partial charge on any atom is -0.399 e. The molecule has 2 aromatic rings. The molecular weight excluding hydrogens is 304 g/mol. The van der Waals surface area contributed by atoms with Gasteiger partial charge in [0.2, 0.25) is 0 Å². The molecule has 0 unspecified atom stereocenters. The number of para-hydroxylation sites is 1. The number of hydrogen-bond donors (Lipinski definition) is 1. The van der Waals surface area contributed by atoms with Gasteiger partial charge in [-0.05, 0) is 53.2 Å². The summed E-state index contributed by atoms with van der Waals surface area (Å²) in [7, 11) is 0. The number of nitrogens with two attached hydrogens (primary N) is 1. The lowest BCUT2D eigenvalue weighted by Gasteiger charge is -2.21. The Hall–Kier alpha value is -1.81. The fourth-order valence-corrected chi connectivity index (χ4v) is 2.32. The summed E-state index contributed by atoms with van der Waals surface area (Å²) >= 11 is 3.40. The average molecular weight is 319 g/mol. The Bertz CT molecular complexity index is 584. The molecule has 2 rings (SSSR count). The van der Waals surface area contributed by atoms with Crippen molar-refractivity contribution < 1.29 is 4.79 Å². The van der Waals surface area contributed by atoms with E-state index >= 15 is 0 Å². The van der Waals surface area contributed by atoms with Crippen molar-refractivity contribution in [3.8, 4) is 0 Å². The van der Waals surface area contributed by atoms with Gasteiger partial charge in [-0.3, -0.25) is 4.79 Å². The molecule has 2 N–H and O–H groups in total. The number of benzene rings is 2. The fraction of sp³-hybridized carbons (Fsp3) is 0.133. The van der Waals surface area contributed by atoms with Crippen LogP contribution in [0.3, 0.4) is 0 Å². The normalized spacial score (nSPS) is 10.2. The molecular formula is C15H15BrN2O. The number of nitrogens with zero attached hydrogens (tertiary/aromatic N) is 1. The molecule has 3 nitrogen and oxygen atoms in total. The average Bonchev–Trinajstić information content (AvgIpc) is 2.43. The quantitative estimate of drug-likeness (QED) is 0.877. The molecule has 0 aromatic heterocycles. The molecule has 0 spiro atoms. The minimum absolute atomic E-state index is 0.0622. The lowest BCUT2D eigenvalue weighted by Crippen LogP contribution is -2.30. The molecule has 0 aliphatic heterocycles. The number of amides is 1. The zero-order valence-electron chi connectivity index (χ0n) is 10.6. The van der Waals surface area contributed by atoms with Gasteiger partial charge in [0.05, 0.1) is 5.56 Å². The summed E-state index contributed by atoms with van der Waals surface area (Å²) in [6.45, 7) is 2.55. The van der Waals surface area contributed by atoms with E-state index < -0.39 is 0 Å². The van der Waals surface area contributed by atoms with E-state index in [0.717, 1.165) is 10.2 Å². The first-order valence-corrected chi connectivity index (χ1v) is 6.84. The van der Waals surface area contributed by atoms with Crippen LogP contribution in [0.1, 0.15) is 17.3 Å². The lowest BCUT2D eigenvalue weighted by atomic mass is 10.1. The number of nitrogen functional groups attached to an aromatic ring is 1. The summed E-state index contributed by atoms with van der Waals surface area (Å²) in [6.07, 6.45) is 0. The highest BCUT2D eigenvalue weighted by atomic mass is 79.9. The SMILES string of the molecule is CCN(C(=O)c1cc(N)ccc1Br)c1ccccc1. The second kappa shape index (κ2) is 5.89. The molecule has 0 radical (unpaired) electrons. The van der Waals surface area contributed by atoms with Crippen LogP contribution in [0.2, 0.25) is 0 Å². The monoisotopic (exact) mass is 318 g/mol. The smallest absolute Gasteiger partial charge is 0.259 e. The van der Waals surface area contributed by atoms with Gasteiger partial charge in [-0.2, -0.15) is 0 Å². The highest BCUT2D eigenvalue weighted by Gasteiger charge is 2.18. The predicted octanol–water partition coefficient (Wildman–Crippen LogP) is 3.70. The molecule has 0 aliphatic rings. The van der Waals surface area contributed by atoms with E-state index in [1.807, 2.05) is 37.3 Å². The Morgan fingerprint density at radius 3 is 2.53 bits per heavy atom. The number of halogens is 1. The topological polar surface area (TPSA) is 46.3 Å². The third kappa shape index (κ3) is 2.96. The van der Waals surface area contributed by atoms with Crippen molar-refractivity contribution in [2.45, 2.75) is 6.92 Å². The van der Waals surface area contributed by atoms with Gasteiger partial charge in [-0.25, -0.2) is 0 Å². The van der Waals surface area contributed by atoms with Crippen LogP contribution in [0.5, 0.6) is 0 Å². The molecule has 0 saturated heterocycles. The van der Waals surface area contributed by atoms with Crippen LogP contribution in [0.15, 0.2) is 53.0 Å². The molecule has 0 bridgehead atoms. The predicted molar refractivity (Wildman–Crippen MR) is 82.3 cm³/mol. The molecule has 1 amide bonds. The Morgan fingerprint density at radius 2 is 1.89 bits per heavy atom. The first-order chi connectivity index (χ1) is 9.13. The highest BCUT2D eigenvalue weighted by Crippen LogP contribution is 2.24. The third-order valence-electron chi connectivity index (χ3n) is 2.85. The summed E-state index contributed by atoms with van der Waals surface area (Å²) in [5.41, 5.74) is 7.79. The Balaban J connectivity index is 2.39. The standard InChI is InChI=1S/C15H15BrN2O/c1-2-18(12-6-4-3-5-7-12)15(19)13-10-11(17)8-9-14(13)16/h3-10H,2,17H2,1H3. The lowest BCUT2D eigenvalue weighted by molar-refractivity contribution is 0.0987. The van der Waals surface area contributed by atoms with Crippen LogP contribution in [0.25, 0.3) is 0 Å². The highest BCUT2D eigenvalue weighted by molar-refractivity contribution is 9.10. The van der Waals surface area contributed by atoms with Crippen molar-refractivity contribution in [3.05, 3.63) is 58.6 Å². The van der Waals surface area contributed by atoms with E-state index in [4.69, 9.17) is 5.73 Å². The summed E-state index contributed by atoms with van der Waals surface area (Å²) in [6, 6.07) is 14.8. The molecule has 0 atom stereocenters. The van der Waals surface area contributed by atoms with Gasteiger partial charge in [-0.15, -0.1) is 0 Å². The van der Waals surface area contributed by atoms with Gasteiger partial charge >= 0.3 is 0 Å². The zero-order chi connectivity index (χ0) is 13.8. The van der Waals surface area contributed by atoms with Crippen molar-refractivity contribution in [3.63, 3.8) is 0 Å². The van der Waals surface area contributed by atoms with Crippen molar-refractivity contribution in [2.75, 3.05) is 17.2 Å². The van der Waals surface area contributed by atoms with Gasteiger partial charge in [0.15, 0.2) is 0 Å². The second-order valence-corrected chi connectivity index (χ2v) is 4.98. The molecule has 98 valence electrons. The molecule has 0 fully saturated rings. The molecule has 0 saturated carbocycles. The van der Waals surface area contributed by atoms with E-state index in [1.54, 1.807) is 23.1 Å². The van der Waals surface area contributed by atoms with E-state index in [0.29, 0.717) is 17.8 Å². The van der Waals surface area contributed by atoms with Crippen LogP contribution in [0, 0.1) is 0 Å². The third-order valence-corrected chi connectivity index (χ3v) is 3.54. The van der Waals surface area contributed by atoms with Crippen LogP contribution in [-0.2, 0) is 0 Å². The Labute approximate surface area is 121 Å². The van der Waals surface area contributed by atoms with Crippen LogP contribution >= 0.6 is 15.9 Å². The molecule has 0 heterocycles. The van der Waals surface area contributed by atoms with Gasteiger partial charge < -0.3 is 10.6 Å². The molecule has 0 aliphatic carbocycles. The van der Waals surface area contributed by atoms with Crippen molar-refractivity contribution in [1.82, 2.24) is 0 Å². The Morgan fingerprint density at radius 1 is 1.21 bits per heavy atom. The number of rotatable bonds is 3. The summed E-state index contributed by atoms with van der Waals surface area (Å²) < 4.78 is 0.751. The maximum Gasteiger partial charge on any atom is 0.259 e. The first-order valence-electron chi connectivity index (χ1n) is 6.05. The van der Waals surface area contributed by atoms with E-state index in [-0.39, 0.29) is 5.91 Å². The van der Waals surface area contributed by atoms with Crippen molar-refractivity contribution >= 4 is 33.2 Å². The summed E-state index contributed by atoms with van der Waals surface area (Å²) in [4.78, 5) is 14.3. The van der Waals surface area contributed by atoms with Gasteiger partial charge in [0, 0.05) is 22.4 Å². The maximum atomic E-state index is 12.6. The summed E-state index contributed by atoms with van der Waals surface area (Å²) in [5.74, 6) is -0.0622. The number of carbonyl (C=O) groups is 1. The van der Waals surface area contributed by atoms with Crippen LogP contribution in [0.4, 0.5) is 11.4 Å². The fourth-order valence-electron chi connectivity index (χ4n) is 1.90. The van der Waals surface area contributed by atoms with Crippen molar-refractivity contribution in [2.24, 2.45) is 0 Å². The van der Waals surface area contributed by atoms with Gasteiger partial charge in [0.1, 0.15) is 0 Å². The molecule has 19 heavy (non-hydrogen) atoms. The zero-order valence-corrected chi connectivity index (χ0v) is 12.2. The van der Waals surface area contributed by atoms with Gasteiger partial charge in [0.25, 0.3) is 5.91 Å². The Kier molecular flexibility index (Phi) is 4.22. The second-order valence-electron chi connectivity index (χ2n) is 4.12. The molecule has 2 aromatic carbocycles. The van der Waals surface area contributed by atoms with Crippen LogP contribution in [-0.4, -0.2) is 12.5 Å². The van der Waals surface area contributed by atoms with E-state index in [2.05, 4.69) is 15.9 Å².